The second-order valence-corrected chi connectivity index (χ2v) is 6.87. The van der Waals surface area contributed by atoms with E-state index in [2.05, 4.69) is 14.9 Å². The van der Waals surface area contributed by atoms with Gasteiger partial charge in [0.05, 0.1) is 5.69 Å². The van der Waals surface area contributed by atoms with Gasteiger partial charge in [0.2, 0.25) is 0 Å². The fourth-order valence-electron chi connectivity index (χ4n) is 3.71. The first-order valence-electron chi connectivity index (χ1n) is 9.37. The number of benzene rings is 1. The van der Waals surface area contributed by atoms with Gasteiger partial charge < -0.3 is 19.4 Å². The summed E-state index contributed by atoms with van der Waals surface area (Å²) < 4.78 is 3.92. The van der Waals surface area contributed by atoms with E-state index in [0.29, 0.717) is 37.4 Å². The number of aromatic nitrogens is 3. The molecule has 4 rings (SSSR count). The van der Waals surface area contributed by atoms with E-state index in [1.165, 1.54) is 0 Å². The molecule has 3 heterocycles. The summed E-state index contributed by atoms with van der Waals surface area (Å²) in [7, 11) is 3.48. The van der Waals surface area contributed by atoms with Crippen LogP contribution in [0.4, 0.5) is 0 Å². The predicted molar refractivity (Wildman–Crippen MR) is 106 cm³/mol. The fourth-order valence-corrected chi connectivity index (χ4v) is 3.71. The molecule has 1 N–H and O–H groups in total. The first kappa shape index (κ1) is 18.0. The van der Waals surface area contributed by atoms with E-state index in [-0.39, 0.29) is 11.8 Å². The summed E-state index contributed by atoms with van der Waals surface area (Å²) in [4.78, 5) is 31.9. The number of hydrogen-bond acceptors (Lipinski definition) is 3. The zero-order chi connectivity index (χ0) is 19.7. The van der Waals surface area contributed by atoms with Crippen molar-refractivity contribution in [2.45, 2.75) is 13.0 Å². The van der Waals surface area contributed by atoms with E-state index in [9.17, 15) is 9.59 Å². The molecule has 7 nitrogen and oxygen atoms in total. The van der Waals surface area contributed by atoms with Crippen LogP contribution in [0.2, 0.25) is 0 Å². The minimum Gasteiger partial charge on any atom is -0.354 e. The molecule has 0 saturated heterocycles. The Morgan fingerprint density at radius 2 is 1.82 bits per heavy atom. The second kappa shape index (κ2) is 7.34. The van der Waals surface area contributed by atoms with Crippen LogP contribution in [0.5, 0.6) is 0 Å². The van der Waals surface area contributed by atoms with E-state index in [4.69, 9.17) is 0 Å². The molecule has 0 aliphatic carbocycles. The highest BCUT2D eigenvalue weighted by Gasteiger charge is 2.27. The largest absolute Gasteiger partial charge is 0.354 e. The highest BCUT2D eigenvalue weighted by atomic mass is 16.2. The maximum Gasteiger partial charge on any atom is 0.271 e. The number of rotatable bonds is 3. The van der Waals surface area contributed by atoms with E-state index in [1.807, 2.05) is 65.2 Å². The van der Waals surface area contributed by atoms with Crippen LogP contribution in [-0.4, -0.2) is 51.0 Å². The Labute approximate surface area is 163 Å². The van der Waals surface area contributed by atoms with Gasteiger partial charge in [-0.3, -0.25) is 9.59 Å². The Balaban J connectivity index is 1.70. The van der Waals surface area contributed by atoms with Crippen LogP contribution >= 0.6 is 0 Å². The molecule has 1 aliphatic rings. The van der Waals surface area contributed by atoms with Crippen molar-refractivity contribution in [1.82, 2.24) is 24.3 Å². The summed E-state index contributed by atoms with van der Waals surface area (Å²) in [5, 5.41) is 2.68. The number of hydrogen-bond donors (Lipinski definition) is 1. The Bertz CT molecular complexity index is 1020. The molecule has 0 saturated carbocycles. The number of imidazole rings is 1. The molecular formula is C21H23N5O2. The van der Waals surface area contributed by atoms with E-state index in [1.54, 1.807) is 7.05 Å². The van der Waals surface area contributed by atoms with Gasteiger partial charge >= 0.3 is 0 Å². The summed E-state index contributed by atoms with van der Waals surface area (Å²) in [6.07, 6.45) is 2.45. The molecule has 1 aromatic carbocycles. The zero-order valence-electron chi connectivity index (χ0n) is 16.1. The molecule has 2 aromatic heterocycles. The Kier molecular flexibility index (Phi) is 4.73. The quantitative estimate of drug-likeness (QED) is 0.758. The van der Waals surface area contributed by atoms with Crippen molar-refractivity contribution < 1.29 is 9.59 Å². The molecule has 0 atom stereocenters. The van der Waals surface area contributed by atoms with E-state index in [0.717, 1.165) is 17.1 Å². The minimum absolute atomic E-state index is 0.00830. The summed E-state index contributed by atoms with van der Waals surface area (Å²) in [5.41, 5.74) is 2.94. The van der Waals surface area contributed by atoms with Crippen LogP contribution < -0.4 is 5.32 Å². The molecule has 0 unspecified atom stereocenters. The summed E-state index contributed by atoms with van der Waals surface area (Å²) in [6, 6.07) is 13.5. The summed E-state index contributed by atoms with van der Waals surface area (Å²) >= 11 is 0. The van der Waals surface area contributed by atoms with Crippen molar-refractivity contribution >= 4 is 11.8 Å². The van der Waals surface area contributed by atoms with Gasteiger partial charge in [-0.25, -0.2) is 4.98 Å². The van der Waals surface area contributed by atoms with Gasteiger partial charge in [-0.05, 0) is 12.1 Å². The average Bonchev–Trinajstić information content (AvgIpc) is 3.24. The van der Waals surface area contributed by atoms with Gasteiger partial charge in [-0.15, -0.1) is 0 Å². The predicted octanol–water partition coefficient (Wildman–Crippen LogP) is 1.95. The number of fused-ring (bicyclic) bond motifs is 1. The highest BCUT2D eigenvalue weighted by Crippen LogP contribution is 2.25. The topological polar surface area (TPSA) is 72.2 Å². The van der Waals surface area contributed by atoms with E-state index < -0.39 is 0 Å². The Hall–Kier alpha value is -3.35. The molecule has 7 heteroatoms. The van der Waals surface area contributed by atoms with Crippen LogP contribution in [0.3, 0.4) is 0 Å². The molecule has 144 valence electrons. The second-order valence-electron chi connectivity index (χ2n) is 6.87. The lowest BCUT2D eigenvalue weighted by Gasteiger charge is -2.20. The third-order valence-electron chi connectivity index (χ3n) is 5.21. The zero-order valence-corrected chi connectivity index (χ0v) is 16.1. The third-order valence-corrected chi connectivity index (χ3v) is 5.21. The van der Waals surface area contributed by atoms with Gasteiger partial charge in [0.1, 0.15) is 17.2 Å². The molecule has 0 fully saturated rings. The van der Waals surface area contributed by atoms with Gasteiger partial charge in [0, 0.05) is 51.9 Å². The normalized spacial score (nSPS) is 13.7. The summed E-state index contributed by atoms with van der Waals surface area (Å²) in [6.45, 7) is 1.72. The maximum absolute atomic E-state index is 12.9. The highest BCUT2D eigenvalue weighted by molar-refractivity contribution is 5.94. The third kappa shape index (κ3) is 3.09. The van der Waals surface area contributed by atoms with Crippen molar-refractivity contribution in [3.8, 4) is 11.4 Å². The van der Waals surface area contributed by atoms with Gasteiger partial charge in [0.25, 0.3) is 11.8 Å². The molecular weight excluding hydrogens is 354 g/mol. The van der Waals surface area contributed by atoms with Gasteiger partial charge in [0.15, 0.2) is 0 Å². The van der Waals surface area contributed by atoms with Crippen LogP contribution in [0.1, 0.15) is 26.7 Å². The molecule has 1 aliphatic heterocycles. The average molecular weight is 377 g/mol. The van der Waals surface area contributed by atoms with E-state index >= 15 is 0 Å². The maximum atomic E-state index is 12.9. The van der Waals surface area contributed by atoms with Crippen LogP contribution in [0, 0.1) is 0 Å². The van der Waals surface area contributed by atoms with Crippen molar-refractivity contribution in [2.75, 3.05) is 20.1 Å². The van der Waals surface area contributed by atoms with Crippen LogP contribution in [-0.2, 0) is 20.0 Å². The number of nitrogens with zero attached hydrogens (tertiary/aromatic N) is 4. The van der Waals surface area contributed by atoms with Crippen LogP contribution in [0.15, 0.2) is 48.7 Å². The summed E-state index contributed by atoms with van der Waals surface area (Å²) in [5.74, 6) is 0.574. The fraction of sp³-hybridized carbons (Fsp3) is 0.286. The Morgan fingerprint density at radius 3 is 2.50 bits per heavy atom. The monoisotopic (exact) mass is 377 g/mol. The molecule has 0 radical (unpaired) electrons. The molecule has 28 heavy (non-hydrogen) atoms. The first-order chi connectivity index (χ1) is 13.6. The number of carbonyl (C=O) groups is 2. The van der Waals surface area contributed by atoms with Gasteiger partial charge in [-0.2, -0.15) is 0 Å². The first-order valence-corrected chi connectivity index (χ1v) is 9.37. The molecule has 3 aromatic rings. The minimum atomic E-state index is -0.201. The molecule has 0 bridgehead atoms. The van der Waals surface area contributed by atoms with Crippen molar-refractivity contribution in [2.24, 2.45) is 7.05 Å². The van der Waals surface area contributed by atoms with Crippen molar-refractivity contribution in [1.29, 1.82) is 0 Å². The van der Waals surface area contributed by atoms with Gasteiger partial charge in [-0.1, -0.05) is 30.3 Å². The molecule has 0 spiro atoms. The number of carbonyl (C=O) groups excluding carboxylic acids is 2. The number of amides is 2. The lowest BCUT2D eigenvalue weighted by molar-refractivity contribution is 0.0749. The smallest absolute Gasteiger partial charge is 0.271 e. The Morgan fingerprint density at radius 1 is 1.04 bits per heavy atom. The van der Waals surface area contributed by atoms with Crippen molar-refractivity contribution in [3.63, 3.8) is 0 Å². The molecule has 2 amide bonds. The SMILES string of the molecule is CNC(=O)c1nc(-c2ccccc2)n2c1CCN(C(=O)c1cccn1C)CC2. The standard InChI is InChI=1S/C21H23N5O2/c1-22-20(27)18-16-10-12-25(21(28)17-9-6-11-24(17)2)13-14-26(16)19(23-18)15-7-4-3-5-8-15/h3-9,11H,10,12-14H2,1-2H3,(H,22,27). The lowest BCUT2D eigenvalue weighted by atomic mass is 10.2. The lowest BCUT2D eigenvalue weighted by Crippen LogP contribution is -2.34. The van der Waals surface area contributed by atoms with Crippen LogP contribution in [0.25, 0.3) is 11.4 Å². The van der Waals surface area contributed by atoms with Crippen molar-refractivity contribution in [3.05, 3.63) is 65.7 Å². The number of nitrogens with one attached hydrogen (secondary N) is 1. The number of aryl methyl sites for hydroxylation is 1.